The Bertz CT molecular complexity index is 744. The lowest BCUT2D eigenvalue weighted by Gasteiger charge is -2.08. The van der Waals surface area contributed by atoms with Gasteiger partial charge in [0.2, 0.25) is 0 Å². The highest BCUT2D eigenvalue weighted by Gasteiger charge is 2.08. The molecule has 5 nitrogen and oxygen atoms in total. The summed E-state index contributed by atoms with van der Waals surface area (Å²) in [5.41, 5.74) is 1.65. The van der Waals surface area contributed by atoms with Gasteiger partial charge in [0.25, 0.3) is 5.91 Å². The van der Waals surface area contributed by atoms with Gasteiger partial charge in [0, 0.05) is 18.5 Å². The lowest BCUT2D eigenvalue weighted by Crippen LogP contribution is -2.22. The van der Waals surface area contributed by atoms with Crippen molar-refractivity contribution in [3.8, 4) is 5.75 Å². The smallest absolute Gasteiger partial charge is 0.303 e. The molecule has 0 fully saturated rings. The lowest BCUT2D eigenvalue weighted by atomic mass is 10.1. The number of rotatable bonds is 8. The van der Waals surface area contributed by atoms with E-state index >= 15 is 0 Å². The lowest BCUT2D eigenvalue weighted by molar-refractivity contribution is -0.137. The highest BCUT2D eigenvalue weighted by molar-refractivity contribution is 5.94. The molecule has 0 saturated heterocycles. The van der Waals surface area contributed by atoms with Gasteiger partial charge in [-0.1, -0.05) is 18.2 Å². The van der Waals surface area contributed by atoms with Crippen molar-refractivity contribution in [1.29, 1.82) is 0 Å². The molecule has 0 aliphatic heterocycles. The maximum atomic E-state index is 13.5. The van der Waals surface area contributed by atoms with E-state index in [2.05, 4.69) is 5.32 Å². The van der Waals surface area contributed by atoms with E-state index in [4.69, 9.17) is 9.84 Å². The van der Waals surface area contributed by atoms with Crippen molar-refractivity contribution in [3.63, 3.8) is 0 Å². The van der Waals surface area contributed by atoms with Gasteiger partial charge >= 0.3 is 5.97 Å². The molecule has 0 bridgehead atoms. The first-order valence-electron chi connectivity index (χ1n) is 7.93. The number of aliphatic carboxylic acids is 1. The molecule has 0 radical (unpaired) electrons. The molecule has 0 heterocycles. The van der Waals surface area contributed by atoms with Crippen LogP contribution >= 0.6 is 0 Å². The first-order valence-corrected chi connectivity index (χ1v) is 7.93. The van der Waals surface area contributed by atoms with Crippen LogP contribution in [0.1, 0.15) is 34.3 Å². The molecule has 2 aromatic rings. The van der Waals surface area contributed by atoms with E-state index in [9.17, 15) is 14.0 Å². The first kappa shape index (κ1) is 18.4. The molecule has 0 aliphatic carbocycles. The number of benzene rings is 2. The Morgan fingerprint density at radius 1 is 1.16 bits per heavy atom. The zero-order valence-electron chi connectivity index (χ0n) is 13.9. The minimum Gasteiger partial charge on any atom is -0.494 e. The fourth-order valence-electron chi connectivity index (χ4n) is 2.14. The zero-order valence-corrected chi connectivity index (χ0v) is 13.9. The predicted molar refractivity (Wildman–Crippen MR) is 91.1 cm³/mol. The quantitative estimate of drug-likeness (QED) is 0.720. The van der Waals surface area contributed by atoms with Gasteiger partial charge in [-0.15, -0.1) is 0 Å². The second-order valence-corrected chi connectivity index (χ2v) is 5.64. The van der Waals surface area contributed by atoms with Gasteiger partial charge in [-0.3, -0.25) is 9.59 Å². The topological polar surface area (TPSA) is 75.6 Å². The van der Waals surface area contributed by atoms with Crippen LogP contribution in [0.3, 0.4) is 0 Å². The van der Waals surface area contributed by atoms with Gasteiger partial charge in [0.15, 0.2) is 0 Å². The van der Waals surface area contributed by atoms with Crippen LogP contribution in [0, 0.1) is 12.7 Å². The molecule has 132 valence electrons. The van der Waals surface area contributed by atoms with Crippen LogP contribution in [0.15, 0.2) is 42.5 Å². The number of carbonyl (C=O) groups excluding carboxylic acids is 1. The van der Waals surface area contributed by atoms with E-state index in [0.29, 0.717) is 30.9 Å². The van der Waals surface area contributed by atoms with E-state index < -0.39 is 11.8 Å². The molecule has 0 aliphatic rings. The van der Waals surface area contributed by atoms with Crippen molar-refractivity contribution in [3.05, 3.63) is 65.0 Å². The summed E-state index contributed by atoms with van der Waals surface area (Å²) >= 11 is 0. The molecule has 2 N–H and O–H groups in total. The van der Waals surface area contributed by atoms with Crippen molar-refractivity contribution in [2.75, 3.05) is 6.61 Å². The Morgan fingerprint density at radius 3 is 2.52 bits per heavy atom. The average molecular weight is 345 g/mol. The van der Waals surface area contributed by atoms with E-state index in [1.54, 1.807) is 31.2 Å². The molecule has 0 unspecified atom stereocenters. The van der Waals surface area contributed by atoms with E-state index in [1.165, 1.54) is 6.07 Å². The number of carboxylic acids is 1. The summed E-state index contributed by atoms with van der Waals surface area (Å²) in [4.78, 5) is 22.4. The maximum Gasteiger partial charge on any atom is 0.303 e. The van der Waals surface area contributed by atoms with Crippen LogP contribution in [0.25, 0.3) is 0 Å². The SMILES string of the molecule is Cc1ccc(C(=O)NCc2ccc(OCCCC(=O)O)cc2)cc1F. The van der Waals surface area contributed by atoms with Gasteiger partial charge < -0.3 is 15.2 Å². The number of hydrogen-bond donors (Lipinski definition) is 2. The summed E-state index contributed by atoms with van der Waals surface area (Å²) in [7, 11) is 0. The van der Waals surface area contributed by atoms with Crippen LogP contribution in [-0.2, 0) is 11.3 Å². The molecule has 0 saturated carbocycles. The highest BCUT2D eigenvalue weighted by atomic mass is 19.1. The number of carbonyl (C=O) groups is 2. The second-order valence-electron chi connectivity index (χ2n) is 5.64. The number of halogens is 1. The van der Waals surface area contributed by atoms with Crippen molar-refractivity contribution < 1.29 is 23.8 Å². The second kappa shape index (κ2) is 8.82. The van der Waals surface area contributed by atoms with E-state index in [0.717, 1.165) is 5.56 Å². The Morgan fingerprint density at radius 2 is 1.88 bits per heavy atom. The molecular formula is C19H20FNO4. The fraction of sp³-hybridized carbons (Fsp3) is 0.263. The van der Waals surface area contributed by atoms with Crippen LogP contribution in [-0.4, -0.2) is 23.6 Å². The molecule has 25 heavy (non-hydrogen) atoms. The molecular weight excluding hydrogens is 325 g/mol. The van der Waals surface area contributed by atoms with Gasteiger partial charge in [-0.2, -0.15) is 0 Å². The first-order chi connectivity index (χ1) is 12.0. The molecule has 2 aromatic carbocycles. The van der Waals surface area contributed by atoms with Crippen molar-refractivity contribution in [2.45, 2.75) is 26.3 Å². The Labute approximate surface area is 145 Å². The normalized spacial score (nSPS) is 10.3. The van der Waals surface area contributed by atoms with Crippen LogP contribution in [0.4, 0.5) is 4.39 Å². The molecule has 0 atom stereocenters. The molecule has 0 spiro atoms. The standard InChI is InChI=1S/C19H20FNO4/c1-13-4-7-15(11-17(13)20)19(24)21-12-14-5-8-16(9-6-14)25-10-2-3-18(22)23/h4-9,11H,2-3,10,12H2,1H3,(H,21,24)(H,22,23). The number of hydrogen-bond acceptors (Lipinski definition) is 3. The third-order valence-electron chi connectivity index (χ3n) is 3.61. The highest BCUT2D eigenvalue weighted by Crippen LogP contribution is 2.13. The molecule has 6 heteroatoms. The minimum absolute atomic E-state index is 0.0731. The van der Waals surface area contributed by atoms with Gasteiger partial charge in [-0.05, 0) is 48.7 Å². The number of aryl methyl sites for hydroxylation is 1. The summed E-state index contributed by atoms with van der Waals surface area (Å²) < 4.78 is 18.9. The van der Waals surface area contributed by atoms with Crippen molar-refractivity contribution in [1.82, 2.24) is 5.32 Å². The Hall–Kier alpha value is -2.89. The number of amides is 1. The largest absolute Gasteiger partial charge is 0.494 e. The number of carboxylic acid groups (broad SMARTS) is 1. The predicted octanol–water partition coefficient (Wildman–Crippen LogP) is 3.31. The van der Waals surface area contributed by atoms with Crippen molar-refractivity contribution >= 4 is 11.9 Å². The fourth-order valence-corrected chi connectivity index (χ4v) is 2.14. The molecule has 2 rings (SSSR count). The molecule has 0 aromatic heterocycles. The van der Waals surface area contributed by atoms with Crippen LogP contribution in [0.5, 0.6) is 5.75 Å². The summed E-state index contributed by atoms with van der Waals surface area (Å²) in [5, 5.41) is 11.3. The summed E-state index contributed by atoms with van der Waals surface area (Å²) in [6.07, 6.45) is 0.518. The van der Waals surface area contributed by atoms with E-state index in [-0.39, 0.29) is 17.9 Å². The number of nitrogens with one attached hydrogen (secondary N) is 1. The summed E-state index contributed by atoms with van der Waals surface area (Å²) in [6, 6.07) is 11.5. The van der Waals surface area contributed by atoms with Gasteiger partial charge in [-0.25, -0.2) is 4.39 Å². The monoisotopic (exact) mass is 345 g/mol. The zero-order chi connectivity index (χ0) is 18.2. The van der Waals surface area contributed by atoms with Gasteiger partial charge in [0.05, 0.1) is 6.61 Å². The maximum absolute atomic E-state index is 13.5. The third kappa shape index (κ3) is 5.91. The average Bonchev–Trinajstić information content (AvgIpc) is 2.60. The van der Waals surface area contributed by atoms with E-state index in [1.807, 2.05) is 12.1 Å². The van der Waals surface area contributed by atoms with Crippen molar-refractivity contribution in [2.24, 2.45) is 0 Å². The van der Waals surface area contributed by atoms with Crippen LogP contribution < -0.4 is 10.1 Å². The Kier molecular flexibility index (Phi) is 6.51. The Balaban J connectivity index is 1.81. The van der Waals surface area contributed by atoms with Crippen LogP contribution in [0.2, 0.25) is 0 Å². The van der Waals surface area contributed by atoms with Gasteiger partial charge in [0.1, 0.15) is 11.6 Å². The third-order valence-corrected chi connectivity index (χ3v) is 3.61. The summed E-state index contributed by atoms with van der Waals surface area (Å²) in [6.45, 7) is 2.29. The number of ether oxygens (including phenoxy) is 1. The summed E-state index contributed by atoms with van der Waals surface area (Å²) in [5.74, 6) is -0.950. The molecule has 1 amide bonds. The minimum atomic E-state index is -0.844.